The molecule has 0 amide bonds. The van der Waals surface area contributed by atoms with Gasteiger partial charge in [-0.2, -0.15) is 0 Å². The smallest absolute Gasteiger partial charge is 0.332 e. The van der Waals surface area contributed by atoms with Crippen molar-refractivity contribution < 1.29 is 9.53 Å². The summed E-state index contributed by atoms with van der Waals surface area (Å²) in [5.74, 6) is -0.143. The minimum Gasteiger partial charge on any atom is -0.444 e. The van der Waals surface area contributed by atoms with Crippen LogP contribution in [0.4, 0.5) is 0 Å². The van der Waals surface area contributed by atoms with E-state index in [-0.39, 0.29) is 30.6 Å². The first-order chi connectivity index (χ1) is 10.4. The number of carbonyl (C=O) groups is 1. The Labute approximate surface area is 126 Å². The average Bonchev–Trinajstić information content (AvgIpc) is 2.90. The molecular formula is C14H20N4O4. The molecule has 0 saturated carbocycles. The molecule has 2 aromatic rings. The van der Waals surface area contributed by atoms with Crippen LogP contribution in [0.5, 0.6) is 0 Å². The van der Waals surface area contributed by atoms with Crippen LogP contribution in [-0.4, -0.2) is 24.7 Å². The molecule has 0 aromatic carbocycles. The van der Waals surface area contributed by atoms with Crippen LogP contribution in [0, 0.1) is 5.92 Å². The van der Waals surface area contributed by atoms with Gasteiger partial charge in [0, 0.05) is 20.0 Å². The van der Waals surface area contributed by atoms with Crippen molar-refractivity contribution in [1.82, 2.24) is 18.7 Å². The van der Waals surface area contributed by atoms with E-state index in [1.807, 2.05) is 13.8 Å². The lowest BCUT2D eigenvalue weighted by atomic mass is 10.2. The second kappa shape index (κ2) is 6.17. The first-order valence-electron chi connectivity index (χ1n) is 7.17. The molecule has 0 spiro atoms. The summed E-state index contributed by atoms with van der Waals surface area (Å²) in [4.78, 5) is 40.0. The van der Waals surface area contributed by atoms with Crippen LogP contribution < -0.4 is 11.2 Å². The molecule has 22 heavy (non-hydrogen) atoms. The zero-order valence-electron chi connectivity index (χ0n) is 13.2. The summed E-state index contributed by atoms with van der Waals surface area (Å²) < 4.78 is 9.00. The second-order valence-electron chi connectivity index (χ2n) is 5.54. The van der Waals surface area contributed by atoms with Crippen molar-refractivity contribution >= 4 is 17.1 Å². The van der Waals surface area contributed by atoms with Gasteiger partial charge in [-0.1, -0.05) is 20.8 Å². The molecule has 0 unspecified atom stereocenters. The normalized spacial score (nSPS) is 11.3. The van der Waals surface area contributed by atoms with E-state index in [0.717, 1.165) is 4.57 Å². The van der Waals surface area contributed by atoms with Crippen LogP contribution in [0.25, 0.3) is 11.2 Å². The lowest BCUT2D eigenvalue weighted by Crippen LogP contribution is -2.39. The van der Waals surface area contributed by atoms with E-state index in [0.29, 0.717) is 12.2 Å². The number of rotatable bonds is 5. The highest BCUT2D eigenvalue weighted by Crippen LogP contribution is 2.09. The van der Waals surface area contributed by atoms with Gasteiger partial charge in [0.05, 0.1) is 0 Å². The highest BCUT2D eigenvalue weighted by atomic mass is 16.5. The highest BCUT2D eigenvalue weighted by molar-refractivity contribution is 5.71. The van der Waals surface area contributed by atoms with Gasteiger partial charge >= 0.3 is 11.7 Å². The monoisotopic (exact) mass is 308 g/mol. The zero-order chi connectivity index (χ0) is 16.4. The van der Waals surface area contributed by atoms with Crippen molar-refractivity contribution in [3.63, 3.8) is 0 Å². The zero-order valence-corrected chi connectivity index (χ0v) is 13.2. The maximum absolute atomic E-state index is 12.3. The minimum absolute atomic E-state index is 0.0989. The Morgan fingerprint density at radius 2 is 2.05 bits per heavy atom. The van der Waals surface area contributed by atoms with Gasteiger partial charge in [0.15, 0.2) is 17.9 Å². The van der Waals surface area contributed by atoms with Crippen molar-refractivity contribution in [3.05, 3.63) is 27.2 Å². The number of nitrogens with zero attached hydrogens (tertiary/aromatic N) is 4. The molecule has 0 atom stereocenters. The molecule has 0 aliphatic carbocycles. The molecule has 0 bridgehead atoms. The molecule has 2 rings (SSSR count). The first-order valence-corrected chi connectivity index (χ1v) is 7.17. The molecule has 0 fully saturated rings. The van der Waals surface area contributed by atoms with E-state index in [2.05, 4.69) is 4.98 Å². The highest BCUT2D eigenvalue weighted by Gasteiger charge is 2.17. The fourth-order valence-corrected chi connectivity index (χ4v) is 2.18. The Morgan fingerprint density at radius 1 is 1.36 bits per heavy atom. The molecule has 2 heterocycles. The molecular weight excluding hydrogens is 288 g/mol. The maximum atomic E-state index is 12.3. The fraction of sp³-hybridized carbons (Fsp3) is 0.571. The van der Waals surface area contributed by atoms with Gasteiger partial charge in [-0.05, 0) is 5.92 Å². The van der Waals surface area contributed by atoms with Gasteiger partial charge in [0.2, 0.25) is 0 Å². The van der Waals surface area contributed by atoms with E-state index < -0.39 is 11.2 Å². The number of ether oxygens (including phenoxy) is 1. The van der Waals surface area contributed by atoms with Crippen LogP contribution in [0.3, 0.4) is 0 Å². The van der Waals surface area contributed by atoms with E-state index in [4.69, 9.17) is 4.74 Å². The lowest BCUT2D eigenvalue weighted by Gasteiger charge is -2.12. The van der Waals surface area contributed by atoms with Crippen LogP contribution >= 0.6 is 0 Å². The largest absolute Gasteiger partial charge is 0.444 e. The van der Waals surface area contributed by atoms with Crippen LogP contribution in [0.1, 0.15) is 27.2 Å². The Kier molecular flexibility index (Phi) is 4.48. The standard InChI is InChI=1S/C14H20N4O4/c1-5-10(19)22-8-17-7-15-12-11(17)13(20)16(4)14(21)18(12)6-9(2)3/h7,9H,5-6,8H2,1-4H3. The Morgan fingerprint density at radius 3 is 2.64 bits per heavy atom. The molecule has 0 saturated heterocycles. The number of carbonyl (C=O) groups excluding carboxylic acids is 1. The van der Waals surface area contributed by atoms with Gasteiger partial charge in [-0.15, -0.1) is 0 Å². The maximum Gasteiger partial charge on any atom is 0.332 e. The summed E-state index contributed by atoms with van der Waals surface area (Å²) in [5.41, 5.74) is -0.284. The summed E-state index contributed by atoms with van der Waals surface area (Å²) in [6, 6.07) is 0. The van der Waals surface area contributed by atoms with Gasteiger partial charge in [0.1, 0.15) is 6.33 Å². The number of imidazole rings is 1. The predicted octanol–water partition coefficient (Wildman–Crippen LogP) is 0.463. The lowest BCUT2D eigenvalue weighted by molar-refractivity contribution is -0.146. The third-order valence-corrected chi connectivity index (χ3v) is 3.30. The fourth-order valence-electron chi connectivity index (χ4n) is 2.18. The third kappa shape index (κ3) is 2.81. The third-order valence-electron chi connectivity index (χ3n) is 3.30. The topological polar surface area (TPSA) is 88.1 Å². The Hall–Kier alpha value is -2.38. The molecule has 120 valence electrons. The van der Waals surface area contributed by atoms with Crippen molar-refractivity contribution in [2.24, 2.45) is 13.0 Å². The summed E-state index contributed by atoms with van der Waals surface area (Å²) in [7, 11) is 1.43. The average molecular weight is 308 g/mol. The summed E-state index contributed by atoms with van der Waals surface area (Å²) >= 11 is 0. The van der Waals surface area contributed by atoms with Gasteiger partial charge in [0.25, 0.3) is 5.56 Å². The summed E-state index contributed by atoms with van der Waals surface area (Å²) in [6.45, 7) is 5.99. The molecule has 0 radical (unpaired) electrons. The number of aromatic nitrogens is 4. The predicted molar refractivity (Wildman–Crippen MR) is 80.5 cm³/mol. The molecule has 0 aliphatic rings. The van der Waals surface area contributed by atoms with E-state index >= 15 is 0 Å². The van der Waals surface area contributed by atoms with Crippen molar-refractivity contribution in [2.75, 3.05) is 0 Å². The number of fused-ring (bicyclic) bond motifs is 1. The van der Waals surface area contributed by atoms with E-state index in [1.165, 1.54) is 22.5 Å². The molecule has 0 N–H and O–H groups in total. The molecule has 8 nitrogen and oxygen atoms in total. The van der Waals surface area contributed by atoms with Crippen LogP contribution in [-0.2, 0) is 29.9 Å². The van der Waals surface area contributed by atoms with Crippen LogP contribution in [0.2, 0.25) is 0 Å². The Bertz CT molecular complexity index is 813. The first kappa shape index (κ1) is 16.0. The molecule has 8 heteroatoms. The SMILES string of the molecule is CCC(=O)OCn1cnc2c1c(=O)n(C)c(=O)n2CC(C)C. The van der Waals surface area contributed by atoms with Crippen molar-refractivity contribution in [2.45, 2.75) is 40.5 Å². The summed E-state index contributed by atoms with van der Waals surface area (Å²) in [5, 5.41) is 0. The van der Waals surface area contributed by atoms with Gasteiger partial charge in [-0.25, -0.2) is 9.78 Å². The van der Waals surface area contributed by atoms with Crippen molar-refractivity contribution in [3.8, 4) is 0 Å². The van der Waals surface area contributed by atoms with Crippen molar-refractivity contribution in [1.29, 1.82) is 0 Å². The number of hydrogen-bond donors (Lipinski definition) is 0. The number of hydrogen-bond acceptors (Lipinski definition) is 5. The number of esters is 1. The minimum atomic E-state index is -0.454. The van der Waals surface area contributed by atoms with E-state index in [1.54, 1.807) is 6.92 Å². The van der Waals surface area contributed by atoms with Gasteiger partial charge in [-0.3, -0.25) is 23.3 Å². The Balaban J connectivity index is 2.59. The van der Waals surface area contributed by atoms with Crippen LogP contribution in [0.15, 0.2) is 15.9 Å². The summed E-state index contributed by atoms with van der Waals surface area (Å²) in [6.07, 6.45) is 1.66. The molecule has 0 aliphatic heterocycles. The quantitative estimate of drug-likeness (QED) is 0.749. The second-order valence-corrected chi connectivity index (χ2v) is 5.54. The van der Waals surface area contributed by atoms with Gasteiger partial charge < -0.3 is 4.74 Å². The molecule has 2 aromatic heterocycles. The van der Waals surface area contributed by atoms with E-state index in [9.17, 15) is 14.4 Å².